The Labute approximate surface area is 155 Å². The number of anilines is 1. The van der Waals surface area contributed by atoms with Crippen molar-refractivity contribution in [3.63, 3.8) is 0 Å². The van der Waals surface area contributed by atoms with Crippen LogP contribution in [-0.4, -0.2) is 52.7 Å². The number of likely N-dealkylation sites (tertiary alicyclic amines) is 1. The second kappa shape index (κ2) is 6.71. The number of rotatable bonds is 3. The van der Waals surface area contributed by atoms with E-state index in [1.807, 2.05) is 32.7 Å². The van der Waals surface area contributed by atoms with E-state index >= 15 is 0 Å². The van der Waals surface area contributed by atoms with Crippen molar-refractivity contribution >= 4 is 38.5 Å². The number of carbonyl (C=O) groups is 1. The topological polar surface area (TPSA) is 88.8 Å². The molecular formula is C17H22N4O4S. The predicted molar refractivity (Wildman–Crippen MR) is 101 cm³/mol. The minimum absolute atomic E-state index is 0.0361. The number of hydrogen-bond donors (Lipinski definition) is 0. The number of hydrogen-bond acceptors (Lipinski definition) is 7. The van der Waals surface area contributed by atoms with Crippen LogP contribution in [0, 0.1) is 10.1 Å². The maximum absolute atomic E-state index is 12.2. The highest BCUT2D eigenvalue weighted by Crippen LogP contribution is 2.32. The molecule has 1 atom stereocenters. The molecule has 0 radical (unpaired) electrons. The Hall–Kier alpha value is -2.42. The predicted octanol–water partition coefficient (Wildman–Crippen LogP) is 3.65. The molecule has 8 nitrogen and oxygen atoms in total. The molecule has 1 unspecified atom stereocenters. The van der Waals surface area contributed by atoms with Crippen molar-refractivity contribution < 1.29 is 14.5 Å². The van der Waals surface area contributed by atoms with E-state index in [-0.39, 0.29) is 17.8 Å². The van der Waals surface area contributed by atoms with Gasteiger partial charge in [-0.05, 0) is 33.3 Å². The van der Waals surface area contributed by atoms with Gasteiger partial charge in [0.15, 0.2) is 5.13 Å². The Balaban J connectivity index is 1.72. The minimum atomic E-state index is -0.511. The van der Waals surface area contributed by atoms with Crippen LogP contribution in [0.4, 0.5) is 15.6 Å². The van der Waals surface area contributed by atoms with E-state index in [1.54, 1.807) is 11.0 Å². The summed E-state index contributed by atoms with van der Waals surface area (Å²) >= 11 is 1.49. The zero-order valence-electron chi connectivity index (χ0n) is 15.3. The standard InChI is InChI=1S/C17H22N4O4S/c1-17(2,3)25-16(22)20-8-7-12(10-20)19(4)15-18-13-9-11(21(23)24)5-6-14(13)26-15/h5-6,9,12H,7-8,10H2,1-4H3. The van der Waals surface area contributed by atoms with Crippen molar-refractivity contribution in [2.45, 2.75) is 38.8 Å². The van der Waals surface area contributed by atoms with Crippen molar-refractivity contribution in [1.82, 2.24) is 9.88 Å². The fourth-order valence-corrected chi connectivity index (χ4v) is 3.85. The van der Waals surface area contributed by atoms with Crippen molar-refractivity contribution in [2.75, 3.05) is 25.0 Å². The molecule has 1 aromatic heterocycles. The number of benzene rings is 1. The summed E-state index contributed by atoms with van der Waals surface area (Å²) in [6.45, 7) is 6.77. The Morgan fingerprint density at radius 3 is 2.85 bits per heavy atom. The number of amides is 1. The third kappa shape index (κ3) is 3.87. The molecule has 1 aliphatic rings. The molecular weight excluding hydrogens is 356 g/mol. The molecule has 1 saturated heterocycles. The Morgan fingerprint density at radius 1 is 1.46 bits per heavy atom. The monoisotopic (exact) mass is 378 g/mol. The van der Waals surface area contributed by atoms with Crippen LogP contribution in [0.2, 0.25) is 0 Å². The van der Waals surface area contributed by atoms with E-state index in [4.69, 9.17) is 4.74 Å². The van der Waals surface area contributed by atoms with Gasteiger partial charge in [0, 0.05) is 32.3 Å². The third-order valence-electron chi connectivity index (χ3n) is 4.24. The number of non-ortho nitro benzene ring substituents is 1. The molecule has 26 heavy (non-hydrogen) atoms. The van der Waals surface area contributed by atoms with Gasteiger partial charge in [0.05, 0.1) is 21.2 Å². The Kier molecular flexibility index (Phi) is 4.74. The van der Waals surface area contributed by atoms with Gasteiger partial charge in [0.1, 0.15) is 5.60 Å². The molecule has 140 valence electrons. The van der Waals surface area contributed by atoms with Crippen molar-refractivity contribution in [1.29, 1.82) is 0 Å². The number of ether oxygens (including phenoxy) is 1. The van der Waals surface area contributed by atoms with E-state index in [0.717, 1.165) is 16.3 Å². The fourth-order valence-electron chi connectivity index (χ4n) is 2.87. The molecule has 3 rings (SSSR count). The van der Waals surface area contributed by atoms with Gasteiger partial charge in [-0.3, -0.25) is 10.1 Å². The Morgan fingerprint density at radius 2 is 2.19 bits per heavy atom. The zero-order chi connectivity index (χ0) is 19.1. The lowest BCUT2D eigenvalue weighted by Crippen LogP contribution is -2.39. The van der Waals surface area contributed by atoms with Gasteiger partial charge in [-0.25, -0.2) is 9.78 Å². The number of carbonyl (C=O) groups excluding carboxylic acids is 1. The molecule has 1 aromatic carbocycles. The molecule has 1 aliphatic heterocycles. The van der Waals surface area contributed by atoms with Gasteiger partial charge in [-0.2, -0.15) is 0 Å². The van der Waals surface area contributed by atoms with Gasteiger partial charge < -0.3 is 14.5 Å². The first kappa shape index (κ1) is 18.4. The summed E-state index contributed by atoms with van der Waals surface area (Å²) in [5.74, 6) is 0. The molecule has 2 heterocycles. The summed E-state index contributed by atoms with van der Waals surface area (Å²) < 4.78 is 6.33. The summed E-state index contributed by atoms with van der Waals surface area (Å²) in [6, 6.07) is 4.84. The first-order valence-electron chi connectivity index (χ1n) is 8.40. The quantitative estimate of drug-likeness (QED) is 0.598. The van der Waals surface area contributed by atoms with Gasteiger partial charge in [-0.1, -0.05) is 11.3 Å². The van der Waals surface area contributed by atoms with Crippen molar-refractivity contribution in [2.24, 2.45) is 0 Å². The number of fused-ring (bicyclic) bond motifs is 1. The molecule has 0 saturated carbocycles. The number of likely N-dealkylation sites (N-methyl/N-ethyl adjacent to an activating group) is 1. The maximum atomic E-state index is 12.2. The second-order valence-electron chi connectivity index (χ2n) is 7.39. The summed E-state index contributed by atoms with van der Waals surface area (Å²) in [5, 5.41) is 11.7. The number of aromatic nitrogens is 1. The highest BCUT2D eigenvalue weighted by atomic mass is 32.1. The minimum Gasteiger partial charge on any atom is -0.444 e. The lowest BCUT2D eigenvalue weighted by Gasteiger charge is -2.26. The van der Waals surface area contributed by atoms with Gasteiger partial charge in [0.25, 0.3) is 5.69 Å². The van der Waals surface area contributed by atoms with Crippen LogP contribution in [0.25, 0.3) is 10.2 Å². The average molecular weight is 378 g/mol. The molecule has 9 heteroatoms. The lowest BCUT2D eigenvalue weighted by atomic mass is 10.2. The average Bonchev–Trinajstić information content (AvgIpc) is 3.18. The Bertz CT molecular complexity index is 845. The second-order valence-corrected chi connectivity index (χ2v) is 8.39. The molecule has 0 N–H and O–H groups in total. The summed E-state index contributed by atoms with van der Waals surface area (Å²) in [6.07, 6.45) is 0.527. The highest BCUT2D eigenvalue weighted by molar-refractivity contribution is 7.22. The number of nitrogens with zero attached hydrogens (tertiary/aromatic N) is 4. The third-order valence-corrected chi connectivity index (χ3v) is 5.36. The maximum Gasteiger partial charge on any atom is 0.410 e. The van der Waals surface area contributed by atoms with Crippen LogP contribution in [0.1, 0.15) is 27.2 Å². The molecule has 1 fully saturated rings. The number of nitro benzene ring substituents is 1. The number of nitro groups is 1. The van der Waals surface area contributed by atoms with E-state index < -0.39 is 10.5 Å². The smallest absolute Gasteiger partial charge is 0.410 e. The van der Waals surface area contributed by atoms with Crippen LogP contribution in [-0.2, 0) is 4.74 Å². The first-order valence-corrected chi connectivity index (χ1v) is 9.21. The lowest BCUT2D eigenvalue weighted by molar-refractivity contribution is -0.384. The van der Waals surface area contributed by atoms with E-state index in [2.05, 4.69) is 4.98 Å². The largest absolute Gasteiger partial charge is 0.444 e. The van der Waals surface area contributed by atoms with Gasteiger partial charge in [0.2, 0.25) is 0 Å². The summed E-state index contributed by atoms with van der Waals surface area (Å²) in [7, 11) is 1.94. The highest BCUT2D eigenvalue weighted by Gasteiger charge is 2.32. The molecule has 0 bridgehead atoms. The first-order chi connectivity index (χ1) is 12.1. The normalized spacial score (nSPS) is 17.5. The van der Waals surface area contributed by atoms with Crippen molar-refractivity contribution in [3.05, 3.63) is 28.3 Å². The SMILES string of the molecule is CN(c1nc2cc([N+](=O)[O-])ccc2s1)C1CCN(C(=O)OC(C)(C)C)C1. The van der Waals surface area contributed by atoms with Crippen molar-refractivity contribution in [3.8, 4) is 0 Å². The fraction of sp³-hybridized carbons (Fsp3) is 0.529. The van der Waals surface area contributed by atoms with Crippen LogP contribution in [0.5, 0.6) is 0 Å². The molecule has 0 spiro atoms. The van der Waals surface area contributed by atoms with Crippen LogP contribution in [0.3, 0.4) is 0 Å². The van der Waals surface area contributed by atoms with Gasteiger partial charge >= 0.3 is 6.09 Å². The van der Waals surface area contributed by atoms with E-state index in [0.29, 0.717) is 18.6 Å². The molecule has 1 amide bonds. The zero-order valence-corrected chi connectivity index (χ0v) is 16.1. The summed E-state index contributed by atoms with van der Waals surface area (Å²) in [5.41, 5.74) is 0.144. The molecule has 2 aromatic rings. The molecule has 0 aliphatic carbocycles. The number of thiazole rings is 1. The van der Waals surface area contributed by atoms with Crippen LogP contribution >= 0.6 is 11.3 Å². The summed E-state index contributed by atoms with van der Waals surface area (Å²) in [4.78, 5) is 31.0. The van der Waals surface area contributed by atoms with Crippen LogP contribution in [0.15, 0.2) is 18.2 Å². The van der Waals surface area contributed by atoms with Crippen LogP contribution < -0.4 is 4.90 Å². The van der Waals surface area contributed by atoms with Gasteiger partial charge in [-0.15, -0.1) is 0 Å². The van der Waals surface area contributed by atoms with E-state index in [9.17, 15) is 14.9 Å². The van der Waals surface area contributed by atoms with E-state index in [1.165, 1.54) is 23.5 Å².